The lowest BCUT2D eigenvalue weighted by atomic mass is 9.81. The second kappa shape index (κ2) is 8.82. The molecule has 5 unspecified atom stereocenters. The molecule has 200 valence electrons. The number of alkyl halides is 2. The second-order valence-electron chi connectivity index (χ2n) is 12.3. The molecule has 2 saturated carbocycles. The first-order chi connectivity index (χ1) is 16.7. The predicted molar refractivity (Wildman–Crippen MR) is 134 cm³/mol. The lowest BCUT2D eigenvalue weighted by Gasteiger charge is -2.36. The van der Waals surface area contributed by atoms with Gasteiger partial charge in [-0.2, -0.15) is 0 Å². The van der Waals surface area contributed by atoms with Crippen LogP contribution in [0.3, 0.4) is 0 Å². The average molecular weight is 526 g/mol. The van der Waals surface area contributed by atoms with Crippen molar-refractivity contribution in [3.63, 3.8) is 0 Å². The van der Waals surface area contributed by atoms with Crippen molar-refractivity contribution < 1.29 is 27.3 Å². The Balaban J connectivity index is 1.32. The Bertz CT molecular complexity index is 1050. The Labute approximate surface area is 214 Å². The summed E-state index contributed by atoms with van der Waals surface area (Å²) in [5.74, 6) is -1.33. The SMILES string of the molecule is CC(C)(C)OC(=O)N[C@@H](C1CCC(F)(F)CC1)C1Nc2cc(C3NS(=O)C(C)(C)C4CC34)ccc2O1. The third-order valence-electron chi connectivity index (χ3n) is 8.07. The number of benzene rings is 1. The number of carbonyl (C=O) groups excluding carboxylic acids is 1. The molecule has 36 heavy (non-hydrogen) atoms. The molecule has 3 fully saturated rings. The Morgan fingerprint density at radius 1 is 1.25 bits per heavy atom. The molecular weight excluding hydrogens is 488 g/mol. The van der Waals surface area contributed by atoms with Gasteiger partial charge in [-0.25, -0.2) is 22.5 Å². The van der Waals surface area contributed by atoms with Crippen LogP contribution in [0, 0.1) is 17.8 Å². The van der Waals surface area contributed by atoms with E-state index in [1.165, 1.54) is 0 Å². The van der Waals surface area contributed by atoms with E-state index < -0.39 is 40.9 Å². The molecule has 2 heterocycles. The normalized spacial score (nSPS) is 33.4. The summed E-state index contributed by atoms with van der Waals surface area (Å²) in [5.41, 5.74) is 1.14. The van der Waals surface area contributed by atoms with Gasteiger partial charge in [-0.05, 0) is 89.3 Å². The number of anilines is 1. The van der Waals surface area contributed by atoms with Crippen molar-refractivity contribution >= 4 is 22.8 Å². The molecule has 7 nitrogen and oxygen atoms in total. The summed E-state index contributed by atoms with van der Waals surface area (Å²) >= 11 is 0. The standard InChI is InChI=1S/C26H37F2N3O4S/c1-24(2,3)35-23(32)30-21(14-8-10-26(27,28)11-9-14)22-29-18-12-15(6-7-19(18)34-22)20-16-13-17(16)25(4,5)36(33)31-20/h6-7,12,14,16-17,20-22,29,31H,8-11,13H2,1-5H3,(H,30,32)/t16?,17?,20?,21-,22?,36?/m0/s1. The third kappa shape index (κ3) is 5.08. The number of nitrogens with one attached hydrogen (secondary N) is 3. The van der Waals surface area contributed by atoms with Crippen LogP contribution in [-0.2, 0) is 15.7 Å². The minimum Gasteiger partial charge on any atom is -0.466 e. The molecule has 2 aliphatic carbocycles. The lowest BCUT2D eigenvalue weighted by molar-refractivity contribution is -0.0536. The van der Waals surface area contributed by atoms with Gasteiger partial charge in [0.2, 0.25) is 5.92 Å². The molecule has 0 bridgehead atoms. The van der Waals surface area contributed by atoms with Crippen LogP contribution in [0.1, 0.15) is 78.3 Å². The summed E-state index contributed by atoms with van der Waals surface area (Å²) in [5, 5.41) is 6.28. The van der Waals surface area contributed by atoms with Crippen molar-refractivity contribution in [1.82, 2.24) is 10.0 Å². The Kier molecular flexibility index (Phi) is 6.30. The number of carbonyl (C=O) groups is 1. The molecule has 4 aliphatic rings. The minimum atomic E-state index is -2.67. The minimum absolute atomic E-state index is 0.00581. The highest BCUT2D eigenvalue weighted by atomic mass is 32.2. The Morgan fingerprint density at radius 2 is 1.94 bits per heavy atom. The van der Waals surface area contributed by atoms with E-state index in [1.54, 1.807) is 20.8 Å². The van der Waals surface area contributed by atoms with E-state index in [0.29, 0.717) is 17.6 Å². The topological polar surface area (TPSA) is 88.7 Å². The molecule has 10 heteroatoms. The molecular formula is C26H37F2N3O4S. The van der Waals surface area contributed by atoms with E-state index in [9.17, 15) is 17.8 Å². The molecule has 1 aromatic carbocycles. The van der Waals surface area contributed by atoms with E-state index in [-0.39, 0.29) is 42.4 Å². The average Bonchev–Trinajstić information content (AvgIpc) is 3.47. The van der Waals surface area contributed by atoms with Gasteiger partial charge in [0.25, 0.3) is 0 Å². The van der Waals surface area contributed by atoms with E-state index in [1.807, 2.05) is 18.2 Å². The molecule has 0 spiro atoms. The molecule has 2 aliphatic heterocycles. The maximum atomic E-state index is 13.9. The Morgan fingerprint density at radius 3 is 2.61 bits per heavy atom. The summed E-state index contributed by atoms with van der Waals surface area (Å²) in [6.07, 6.45) is -0.00698. The van der Waals surface area contributed by atoms with E-state index in [2.05, 4.69) is 29.2 Å². The van der Waals surface area contributed by atoms with Crippen LogP contribution < -0.4 is 20.1 Å². The van der Waals surface area contributed by atoms with Crippen LogP contribution in [0.2, 0.25) is 0 Å². The van der Waals surface area contributed by atoms with Gasteiger partial charge in [-0.15, -0.1) is 0 Å². The fourth-order valence-corrected chi connectivity index (χ4v) is 7.33. The van der Waals surface area contributed by atoms with Gasteiger partial charge in [0.15, 0.2) is 6.23 Å². The maximum absolute atomic E-state index is 13.9. The van der Waals surface area contributed by atoms with Gasteiger partial charge >= 0.3 is 6.09 Å². The van der Waals surface area contributed by atoms with Crippen LogP contribution >= 0.6 is 0 Å². The first-order valence-corrected chi connectivity index (χ1v) is 14.0. The molecule has 1 saturated heterocycles. The summed E-state index contributed by atoms with van der Waals surface area (Å²) < 4.78 is 55.2. The zero-order valence-corrected chi connectivity index (χ0v) is 22.3. The monoisotopic (exact) mass is 525 g/mol. The van der Waals surface area contributed by atoms with Crippen molar-refractivity contribution in [1.29, 1.82) is 0 Å². The maximum Gasteiger partial charge on any atom is 0.408 e. The summed E-state index contributed by atoms with van der Waals surface area (Å²) in [4.78, 5) is 12.7. The van der Waals surface area contributed by atoms with Gasteiger partial charge in [-0.3, -0.25) is 0 Å². The quantitative estimate of drug-likeness (QED) is 0.499. The van der Waals surface area contributed by atoms with Crippen molar-refractivity contribution in [2.24, 2.45) is 17.8 Å². The molecule has 5 rings (SSSR count). The number of hydrogen-bond acceptors (Lipinski definition) is 5. The molecule has 1 amide bonds. The molecule has 0 radical (unpaired) electrons. The van der Waals surface area contributed by atoms with Gasteiger partial charge in [0.05, 0.1) is 27.5 Å². The van der Waals surface area contributed by atoms with Crippen LogP contribution in [0.5, 0.6) is 5.75 Å². The predicted octanol–water partition coefficient (Wildman–Crippen LogP) is 5.26. The largest absolute Gasteiger partial charge is 0.466 e. The lowest BCUT2D eigenvalue weighted by Crippen LogP contribution is -2.54. The summed E-state index contributed by atoms with van der Waals surface area (Å²) in [6, 6.07) is 5.35. The van der Waals surface area contributed by atoms with Gasteiger partial charge in [-0.1, -0.05) is 6.07 Å². The van der Waals surface area contributed by atoms with Crippen LogP contribution in [0.15, 0.2) is 18.2 Å². The molecule has 0 aromatic heterocycles. The Hall–Kier alpha value is -1.94. The third-order valence-corrected chi connectivity index (χ3v) is 9.79. The van der Waals surface area contributed by atoms with Crippen molar-refractivity contribution in [2.45, 2.75) is 101 Å². The van der Waals surface area contributed by atoms with Gasteiger partial charge in [0, 0.05) is 18.9 Å². The number of fused-ring (bicyclic) bond motifs is 2. The smallest absolute Gasteiger partial charge is 0.408 e. The summed E-state index contributed by atoms with van der Waals surface area (Å²) in [6.45, 7) is 9.45. The van der Waals surface area contributed by atoms with Crippen molar-refractivity contribution in [3.8, 4) is 5.75 Å². The number of halogens is 2. The zero-order valence-electron chi connectivity index (χ0n) is 21.5. The van der Waals surface area contributed by atoms with Gasteiger partial charge in [0.1, 0.15) is 11.4 Å². The first-order valence-electron chi connectivity index (χ1n) is 12.9. The second-order valence-corrected chi connectivity index (χ2v) is 14.1. The van der Waals surface area contributed by atoms with Crippen LogP contribution in [0.25, 0.3) is 0 Å². The van der Waals surface area contributed by atoms with E-state index >= 15 is 0 Å². The van der Waals surface area contributed by atoms with E-state index in [0.717, 1.165) is 17.7 Å². The summed E-state index contributed by atoms with van der Waals surface area (Å²) in [7, 11) is -1.13. The fourth-order valence-electron chi connectivity index (χ4n) is 5.93. The highest BCUT2D eigenvalue weighted by Crippen LogP contribution is 2.58. The van der Waals surface area contributed by atoms with Crippen molar-refractivity contribution in [2.75, 3.05) is 5.32 Å². The van der Waals surface area contributed by atoms with Crippen LogP contribution in [0.4, 0.5) is 19.3 Å². The highest BCUT2D eigenvalue weighted by molar-refractivity contribution is 7.84. The number of rotatable bonds is 4. The fraction of sp³-hybridized carbons (Fsp3) is 0.731. The molecule has 1 aromatic rings. The number of hydrogen-bond donors (Lipinski definition) is 3. The zero-order chi connectivity index (χ0) is 26.0. The van der Waals surface area contributed by atoms with Crippen LogP contribution in [-0.4, -0.2) is 38.8 Å². The molecule has 3 N–H and O–H groups in total. The van der Waals surface area contributed by atoms with Crippen molar-refractivity contribution in [3.05, 3.63) is 23.8 Å². The number of ether oxygens (including phenoxy) is 2. The number of alkyl carbamates (subject to hydrolysis) is 1. The molecule has 6 atom stereocenters. The number of amides is 1. The first kappa shape index (κ1) is 25.7. The van der Waals surface area contributed by atoms with E-state index in [4.69, 9.17) is 9.47 Å². The van der Waals surface area contributed by atoms with Gasteiger partial charge < -0.3 is 20.1 Å². The highest BCUT2D eigenvalue weighted by Gasteiger charge is 2.58.